The average molecular weight is 417 g/mol. The number of hydrogen-bond donors (Lipinski definition) is 0. The van der Waals surface area contributed by atoms with Crippen LogP contribution in [0.1, 0.15) is 9.80 Å². The Morgan fingerprint density at radius 2 is 1.78 bits per heavy atom. The molecule has 2 aromatic heterocycles. The largest absolute Gasteiger partial charge is 0.308 e. The molecule has 0 bridgehead atoms. The van der Waals surface area contributed by atoms with Gasteiger partial charge in [-0.1, -0.05) is 35.1 Å². The van der Waals surface area contributed by atoms with E-state index < -0.39 is 0 Å². The molecule has 2 aromatic carbocycles. The van der Waals surface area contributed by atoms with E-state index in [0.717, 1.165) is 27.0 Å². The predicted molar refractivity (Wildman–Crippen MR) is 114 cm³/mol. The molecule has 0 atom stereocenters. The minimum Gasteiger partial charge on any atom is -0.308 e. The van der Waals surface area contributed by atoms with Gasteiger partial charge in [0.05, 0.1) is 20.4 Å². The van der Waals surface area contributed by atoms with Gasteiger partial charge in [-0.2, -0.15) is 0 Å². The Kier molecular flexibility index (Phi) is 5.10. The molecule has 0 N–H and O–H groups in total. The molecular weight excluding hydrogens is 400 g/mol. The first-order valence-electron chi connectivity index (χ1n) is 8.39. The fourth-order valence-electron chi connectivity index (χ4n) is 2.66. The summed E-state index contributed by atoms with van der Waals surface area (Å²) in [5.74, 6) is -0.122. The van der Waals surface area contributed by atoms with Crippen molar-refractivity contribution in [3.05, 3.63) is 52.5 Å². The first kappa shape index (κ1) is 18.3. The van der Waals surface area contributed by atoms with Crippen LogP contribution in [0.15, 0.2) is 42.5 Å². The van der Waals surface area contributed by atoms with Crippen LogP contribution in [0.25, 0.3) is 20.4 Å². The molecule has 0 aliphatic heterocycles. The van der Waals surface area contributed by atoms with Crippen LogP contribution in [-0.4, -0.2) is 48.0 Å². The van der Waals surface area contributed by atoms with Crippen molar-refractivity contribution < 1.29 is 4.79 Å². The number of hydrogen-bond acceptors (Lipinski definition) is 6. The molecule has 0 aliphatic carbocycles. The van der Waals surface area contributed by atoms with E-state index in [0.29, 0.717) is 21.7 Å². The molecule has 4 aromatic rings. The van der Waals surface area contributed by atoms with Crippen molar-refractivity contribution in [2.45, 2.75) is 0 Å². The molecule has 4 rings (SSSR count). The number of amides is 1. The van der Waals surface area contributed by atoms with Crippen LogP contribution in [0, 0.1) is 0 Å². The maximum Gasteiger partial charge on any atom is 0.289 e. The zero-order chi connectivity index (χ0) is 19.0. The van der Waals surface area contributed by atoms with Crippen molar-refractivity contribution >= 4 is 65.7 Å². The van der Waals surface area contributed by atoms with E-state index in [1.54, 1.807) is 4.90 Å². The lowest BCUT2D eigenvalue weighted by Gasteiger charge is -2.20. The zero-order valence-corrected chi connectivity index (χ0v) is 17.2. The molecule has 5 nitrogen and oxygen atoms in total. The lowest BCUT2D eigenvalue weighted by Crippen LogP contribution is -2.36. The number of thiazole rings is 2. The summed E-state index contributed by atoms with van der Waals surface area (Å²) >= 11 is 8.98. The second-order valence-corrected chi connectivity index (χ2v) is 8.83. The topological polar surface area (TPSA) is 49.3 Å². The number of nitrogens with zero attached hydrogens (tertiary/aromatic N) is 4. The number of benzene rings is 2. The zero-order valence-electron chi connectivity index (χ0n) is 14.8. The third kappa shape index (κ3) is 3.82. The molecule has 0 radical (unpaired) electrons. The fraction of sp³-hybridized carbons (Fsp3) is 0.211. The van der Waals surface area contributed by atoms with Crippen molar-refractivity contribution in [2.75, 3.05) is 32.1 Å². The van der Waals surface area contributed by atoms with E-state index in [-0.39, 0.29) is 5.91 Å². The van der Waals surface area contributed by atoms with E-state index in [1.165, 1.54) is 22.7 Å². The van der Waals surface area contributed by atoms with E-state index >= 15 is 0 Å². The number of para-hydroxylation sites is 1. The summed E-state index contributed by atoms with van der Waals surface area (Å²) in [6.45, 7) is 1.27. The molecule has 0 spiro atoms. The van der Waals surface area contributed by atoms with Gasteiger partial charge in [0.1, 0.15) is 0 Å². The van der Waals surface area contributed by atoms with Gasteiger partial charge in [-0.05, 0) is 44.4 Å². The summed E-state index contributed by atoms with van der Waals surface area (Å²) in [7, 11) is 3.97. The van der Waals surface area contributed by atoms with Gasteiger partial charge in [-0.3, -0.25) is 9.69 Å². The third-order valence-electron chi connectivity index (χ3n) is 4.06. The van der Waals surface area contributed by atoms with Crippen molar-refractivity contribution in [3.8, 4) is 0 Å². The smallest absolute Gasteiger partial charge is 0.289 e. The van der Waals surface area contributed by atoms with Crippen LogP contribution in [0.3, 0.4) is 0 Å². The Bertz CT molecular complexity index is 1090. The van der Waals surface area contributed by atoms with Gasteiger partial charge in [0.2, 0.25) is 0 Å². The lowest BCUT2D eigenvalue weighted by molar-refractivity contribution is 0.0985. The van der Waals surface area contributed by atoms with Crippen LogP contribution in [0.2, 0.25) is 5.02 Å². The highest BCUT2D eigenvalue weighted by molar-refractivity contribution is 7.23. The summed E-state index contributed by atoms with van der Waals surface area (Å²) < 4.78 is 1.97. The second-order valence-electron chi connectivity index (χ2n) is 6.36. The Morgan fingerprint density at radius 1 is 1.00 bits per heavy atom. The molecule has 0 unspecified atom stereocenters. The second kappa shape index (κ2) is 7.52. The van der Waals surface area contributed by atoms with E-state index in [9.17, 15) is 4.79 Å². The molecule has 8 heteroatoms. The summed E-state index contributed by atoms with van der Waals surface area (Å²) in [6, 6.07) is 13.4. The minimum absolute atomic E-state index is 0.122. The first-order valence-corrected chi connectivity index (χ1v) is 10.4. The van der Waals surface area contributed by atoms with Crippen molar-refractivity contribution in [3.63, 3.8) is 0 Å². The molecule has 0 fully saturated rings. The number of likely N-dealkylation sites (N-methyl/N-ethyl adjacent to an activating group) is 1. The Labute approximate surface area is 169 Å². The quantitative estimate of drug-likeness (QED) is 0.470. The van der Waals surface area contributed by atoms with Crippen LogP contribution in [0.4, 0.5) is 5.13 Å². The summed E-state index contributed by atoms with van der Waals surface area (Å²) in [5.41, 5.74) is 1.68. The van der Waals surface area contributed by atoms with Gasteiger partial charge in [0, 0.05) is 18.1 Å². The molecule has 0 saturated carbocycles. The van der Waals surface area contributed by atoms with Crippen LogP contribution < -0.4 is 4.90 Å². The first-order chi connectivity index (χ1) is 13.0. The number of fused-ring (bicyclic) bond motifs is 2. The predicted octanol–water partition coefficient (Wildman–Crippen LogP) is 4.77. The Balaban J connectivity index is 1.73. The SMILES string of the molecule is CN(C)CCN(C(=O)c1nc2ccccc2s1)c1nc2ccc(Cl)cc2s1. The van der Waals surface area contributed by atoms with Crippen molar-refractivity contribution in [2.24, 2.45) is 0 Å². The van der Waals surface area contributed by atoms with Gasteiger partial charge < -0.3 is 4.90 Å². The molecule has 27 heavy (non-hydrogen) atoms. The van der Waals surface area contributed by atoms with Crippen LogP contribution in [-0.2, 0) is 0 Å². The van der Waals surface area contributed by atoms with Crippen LogP contribution >= 0.6 is 34.3 Å². The van der Waals surface area contributed by atoms with Gasteiger partial charge in [0.25, 0.3) is 5.91 Å². The van der Waals surface area contributed by atoms with E-state index in [1.807, 2.05) is 61.5 Å². The monoisotopic (exact) mass is 416 g/mol. The van der Waals surface area contributed by atoms with Crippen molar-refractivity contribution in [1.82, 2.24) is 14.9 Å². The summed E-state index contributed by atoms with van der Waals surface area (Å²) in [4.78, 5) is 26.2. The van der Waals surface area contributed by atoms with Gasteiger partial charge in [-0.15, -0.1) is 11.3 Å². The standard InChI is InChI=1S/C19H17ClN4OS2/c1-23(2)9-10-24(19-22-14-8-7-12(20)11-16(14)27-19)18(25)17-21-13-5-3-4-6-15(13)26-17/h3-8,11H,9-10H2,1-2H3. The Hall–Kier alpha value is -2.06. The lowest BCUT2D eigenvalue weighted by atomic mass is 10.3. The molecule has 2 heterocycles. The molecule has 1 amide bonds. The highest BCUT2D eigenvalue weighted by Gasteiger charge is 2.24. The highest BCUT2D eigenvalue weighted by atomic mass is 35.5. The van der Waals surface area contributed by atoms with Gasteiger partial charge in [-0.25, -0.2) is 9.97 Å². The maximum atomic E-state index is 13.3. The summed E-state index contributed by atoms with van der Waals surface area (Å²) in [5, 5.41) is 1.81. The molecule has 138 valence electrons. The van der Waals surface area contributed by atoms with E-state index in [4.69, 9.17) is 11.6 Å². The normalized spacial score (nSPS) is 11.6. The fourth-order valence-corrected chi connectivity index (χ4v) is 4.85. The number of halogens is 1. The van der Waals surface area contributed by atoms with Gasteiger partial charge >= 0.3 is 0 Å². The number of carbonyl (C=O) groups excluding carboxylic acids is 1. The molecule has 0 aliphatic rings. The van der Waals surface area contributed by atoms with Gasteiger partial charge in [0.15, 0.2) is 10.1 Å². The molecule has 0 saturated heterocycles. The number of carbonyl (C=O) groups is 1. The highest BCUT2D eigenvalue weighted by Crippen LogP contribution is 2.32. The summed E-state index contributed by atoms with van der Waals surface area (Å²) in [6.07, 6.45) is 0. The Morgan fingerprint density at radius 3 is 2.56 bits per heavy atom. The maximum absolute atomic E-state index is 13.3. The van der Waals surface area contributed by atoms with E-state index in [2.05, 4.69) is 9.97 Å². The number of rotatable bonds is 5. The minimum atomic E-state index is -0.122. The third-order valence-corrected chi connectivity index (χ3v) is 6.36. The van der Waals surface area contributed by atoms with Crippen molar-refractivity contribution in [1.29, 1.82) is 0 Å². The number of anilines is 1. The number of aromatic nitrogens is 2. The van der Waals surface area contributed by atoms with Crippen LogP contribution in [0.5, 0.6) is 0 Å². The molecular formula is C19H17ClN4OS2. The average Bonchev–Trinajstić information content (AvgIpc) is 3.24.